The number of amides is 1. The van der Waals surface area contributed by atoms with Crippen molar-refractivity contribution in [1.29, 1.82) is 0 Å². The van der Waals surface area contributed by atoms with Gasteiger partial charge in [-0.05, 0) is 24.3 Å². The summed E-state index contributed by atoms with van der Waals surface area (Å²) in [5.41, 5.74) is -0.0488. The zero-order valence-electron chi connectivity index (χ0n) is 9.22. The molecule has 0 aliphatic rings. The Bertz CT molecular complexity index is 656. The summed E-state index contributed by atoms with van der Waals surface area (Å²) in [5.74, 6) is -2.23. The lowest BCUT2D eigenvalue weighted by atomic mass is 10.3. The largest absolute Gasteiger partial charge is 0.433 e. The summed E-state index contributed by atoms with van der Waals surface area (Å²) in [7, 11) is 0. The fourth-order valence-corrected chi connectivity index (χ4v) is 1.66. The minimum Gasteiger partial charge on any atom is -0.395 e. The second-order valence-corrected chi connectivity index (χ2v) is 4.39. The van der Waals surface area contributed by atoms with E-state index in [0.717, 1.165) is 12.1 Å². The fraction of sp³-hybridized carbons (Fsp3) is 0. The third-order valence-corrected chi connectivity index (χ3v) is 2.67. The van der Waals surface area contributed by atoms with E-state index in [1.165, 1.54) is 12.1 Å². The van der Waals surface area contributed by atoms with Gasteiger partial charge in [0.2, 0.25) is 0 Å². The summed E-state index contributed by atoms with van der Waals surface area (Å²) < 4.78 is 18.7. The van der Waals surface area contributed by atoms with Gasteiger partial charge in [0.15, 0.2) is 5.76 Å². The number of anilines is 1. The van der Waals surface area contributed by atoms with Crippen molar-refractivity contribution in [3.05, 3.63) is 56.5 Å². The van der Waals surface area contributed by atoms with Crippen molar-refractivity contribution < 1.29 is 18.5 Å². The smallest absolute Gasteiger partial charge is 0.395 e. The number of nitro groups is 1. The highest BCUT2D eigenvalue weighted by molar-refractivity contribution is 9.10. The highest BCUT2D eigenvalue weighted by Crippen LogP contribution is 2.21. The van der Waals surface area contributed by atoms with Gasteiger partial charge in [-0.3, -0.25) is 14.9 Å². The third-order valence-electron chi connectivity index (χ3n) is 2.17. The van der Waals surface area contributed by atoms with E-state index in [-0.39, 0.29) is 11.4 Å². The molecule has 0 saturated heterocycles. The van der Waals surface area contributed by atoms with Crippen LogP contribution in [0.4, 0.5) is 16.0 Å². The zero-order valence-corrected chi connectivity index (χ0v) is 10.8. The van der Waals surface area contributed by atoms with Crippen LogP contribution in [0, 0.1) is 15.9 Å². The summed E-state index contributed by atoms with van der Waals surface area (Å²) >= 11 is 3.08. The van der Waals surface area contributed by atoms with Gasteiger partial charge in [-0.1, -0.05) is 15.9 Å². The standard InChI is InChI=1S/C11H6BrFN2O4/c12-6-1-2-8(7(13)5-6)14-11(16)9-3-4-10(19-9)15(17)18/h1-5H,(H,14,16). The minimum absolute atomic E-state index is 0.0488. The molecule has 19 heavy (non-hydrogen) atoms. The van der Waals surface area contributed by atoms with Crippen molar-refractivity contribution in [2.24, 2.45) is 0 Å². The maximum Gasteiger partial charge on any atom is 0.433 e. The highest BCUT2D eigenvalue weighted by atomic mass is 79.9. The lowest BCUT2D eigenvalue weighted by Crippen LogP contribution is -2.12. The van der Waals surface area contributed by atoms with Crippen molar-refractivity contribution in [2.75, 3.05) is 5.32 Å². The fourth-order valence-electron chi connectivity index (χ4n) is 1.32. The van der Waals surface area contributed by atoms with Gasteiger partial charge in [0.25, 0.3) is 5.91 Å². The Balaban J connectivity index is 2.18. The molecule has 2 aromatic rings. The molecule has 0 bridgehead atoms. The van der Waals surface area contributed by atoms with E-state index >= 15 is 0 Å². The number of nitrogens with zero attached hydrogens (tertiary/aromatic N) is 1. The average molecular weight is 329 g/mol. The van der Waals surface area contributed by atoms with Crippen LogP contribution in [-0.2, 0) is 0 Å². The predicted octanol–water partition coefficient (Wildman–Crippen LogP) is 3.34. The third kappa shape index (κ3) is 2.97. The number of hydrogen-bond acceptors (Lipinski definition) is 4. The van der Waals surface area contributed by atoms with Gasteiger partial charge in [-0.2, -0.15) is 0 Å². The van der Waals surface area contributed by atoms with Crippen LogP contribution >= 0.6 is 15.9 Å². The molecule has 1 heterocycles. The normalized spacial score (nSPS) is 10.2. The van der Waals surface area contributed by atoms with Crippen LogP contribution in [0.2, 0.25) is 0 Å². The molecular formula is C11H6BrFN2O4. The topological polar surface area (TPSA) is 85.4 Å². The molecule has 0 radical (unpaired) electrons. The number of benzene rings is 1. The van der Waals surface area contributed by atoms with E-state index < -0.39 is 22.5 Å². The molecule has 0 aliphatic carbocycles. The van der Waals surface area contributed by atoms with Crippen molar-refractivity contribution in [3.63, 3.8) is 0 Å². The Hall–Kier alpha value is -2.22. The Labute approximate surface area is 114 Å². The van der Waals surface area contributed by atoms with Crippen LogP contribution in [0.1, 0.15) is 10.6 Å². The first-order chi connectivity index (χ1) is 8.97. The minimum atomic E-state index is -0.769. The molecule has 6 nitrogen and oxygen atoms in total. The highest BCUT2D eigenvalue weighted by Gasteiger charge is 2.18. The van der Waals surface area contributed by atoms with Crippen LogP contribution in [0.15, 0.2) is 39.2 Å². The molecule has 98 valence electrons. The first kappa shape index (κ1) is 13.2. The zero-order chi connectivity index (χ0) is 14.0. The van der Waals surface area contributed by atoms with Gasteiger partial charge in [-0.25, -0.2) is 4.39 Å². The molecule has 1 aromatic carbocycles. The van der Waals surface area contributed by atoms with Crippen molar-refractivity contribution >= 4 is 33.4 Å². The molecule has 0 saturated carbocycles. The summed E-state index contributed by atoms with van der Waals surface area (Å²) in [6, 6.07) is 6.27. The maximum absolute atomic E-state index is 13.5. The van der Waals surface area contributed by atoms with Gasteiger partial charge in [-0.15, -0.1) is 0 Å². The van der Waals surface area contributed by atoms with E-state index in [4.69, 9.17) is 4.42 Å². The number of rotatable bonds is 3. The number of halogens is 2. The molecule has 1 aromatic heterocycles. The first-order valence-electron chi connectivity index (χ1n) is 4.98. The quantitative estimate of drug-likeness (QED) is 0.691. The van der Waals surface area contributed by atoms with E-state index in [2.05, 4.69) is 21.2 Å². The molecule has 0 aliphatic heterocycles. The molecule has 2 rings (SSSR count). The van der Waals surface area contributed by atoms with Gasteiger partial charge in [0.1, 0.15) is 10.7 Å². The molecule has 8 heteroatoms. The first-order valence-corrected chi connectivity index (χ1v) is 5.77. The van der Waals surface area contributed by atoms with Crippen molar-refractivity contribution in [1.82, 2.24) is 0 Å². The number of carbonyl (C=O) groups excluding carboxylic acids is 1. The summed E-state index contributed by atoms with van der Waals surface area (Å²) in [5, 5.41) is 12.7. The Kier molecular flexibility index (Phi) is 3.61. The molecule has 1 amide bonds. The summed E-state index contributed by atoms with van der Waals surface area (Å²) in [4.78, 5) is 21.3. The van der Waals surface area contributed by atoms with E-state index in [1.807, 2.05) is 0 Å². The molecule has 0 fully saturated rings. The molecule has 0 spiro atoms. The van der Waals surface area contributed by atoms with Crippen molar-refractivity contribution in [2.45, 2.75) is 0 Å². The number of furan rings is 1. The van der Waals surface area contributed by atoms with E-state index in [0.29, 0.717) is 4.47 Å². The summed E-state index contributed by atoms with van der Waals surface area (Å²) in [6.45, 7) is 0. The Morgan fingerprint density at radius 1 is 1.37 bits per heavy atom. The lowest BCUT2D eigenvalue weighted by molar-refractivity contribution is -0.402. The predicted molar refractivity (Wildman–Crippen MR) is 67.4 cm³/mol. The van der Waals surface area contributed by atoms with Crippen molar-refractivity contribution in [3.8, 4) is 0 Å². The molecule has 1 N–H and O–H groups in total. The lowest BCUT2D eigenvalue weighted by Gasteiger charge is -2.04. The van der Waals surface area contributed by atoms with Gasteiger partial charge in [0, 0.05) is 4.47 Å². The summed E-state index contributed by atoms with van der Waals surface area (Å²) in [6.07, 6.45) is 0. The maximum atomic E-state index is 13.5. The molecule has 0 unspecified atom stereocenters. The Morgan fingerprint density at radius 3 is 2.68 bits per heavy atom. The molecular weight excluding hydrogens is 323 g/mol. The monoisotopic (exact) mass is 328 g/mol. The number of carbonyl (C=O) groups is 1. The second-order valence-electron chi connectivity index (χ2n) is 3.47. The van der Waals surface area contributed by atoms with Crippen LogP contribution in [-0.4, -0.2) is 10.8 Å². The molecule has 0 atom stereocenters. The Morgan fingerprint density at radius 2 is 2.11 bits per heavy atom. The van der Waals surface area contributed by atoms with Crippen LogP contribution < -0.4 is 5.32 Å². The number of hydrogen-bond donors (Lipinski definition) is 1. The second kappa shape index (κ2) is 5.19. The van der Waals surface area contributed by atoms with E-state index in [1.54, 1.807) is 6.07 Å². The van der Waals surface area contributed by atoms with Gasteiger partial charge < -0.3 is 9.73 Å². The average Bonchev–Trinajstić information content (AvgIpc) is 2.82. The van der Waals surface area contributed by atoms with Gasteiger partial charge >= 0.3 is 5.88 Å². The number of nitrogens with one attached hydrogen (secondary N) is 1. The van der Waals surface area contributed by atoms with Crippen LogP contribution in [0.25, 0.3) is 0 Å². The van der Waals surface area contributed by atoms with E-state index in [9.17, 15) is 19.3 Å². The van der Waals surface area contributed by atoms with Crippen LogP contribution in [0.3, 0.4) is 0 Å². The van der Waals surface area contributed by atoms with Gasteiger partial charge in [0.05, 0.1) is 11.8 Å². The SMILES string of the molecule is O=C(Nc1ccc(Br)cc1F)c1ccc([N+](=O)[O-])o1. The van der Waals surface area contributed by atoms with Crippen LogP contribution in [0.5, 0.6) is 0 Å².